The van der Waals surface area contributed by atoms with E-state index in [0.29, 0.717) is 18.8 Å². The molecule has 3 rings (SSSR count). The fourth-order valence-electron chi connectivity index (χ4n) is 3.11. The minimum atomic E-state index is -4.69. The lowest BCUT2D eigenvalue weighted by Gasteiger charge is -2.24. The quantitative estimate of drug-likeness (QED) is 0.708. The first-order chi connectivity index (χ1) is 12.8. The topological polar surface area (TPSA) is 53.5 Å². The molecular weight excluding hydrogens is 357 g/mol. The van der Waals surface area contributed by atoms with Gasteiger partial charge in [-0.1, -0.05) is 30.8 Å². The van der Waals surface area contributed by atoms with Crippen LogP contribution < -0.4 is 15.4 Å². The number of nitrogens with one attached hydrogen (secondary N) is 2. The van der Waals surface area contributed by atoms with Crippen molar-refractivity contribution < 1.29 is 23.0 Å². The first kappa shape index (κ1) is 19.1. The number of alkyl halides is 3. The summed E-state index contributed by atoms with van der Waals surface area (Å²) in [5.74, 6) is 0.316. The van der Waals surface area contributed by atoms with Gasteiger partial charge < -0.3 is 20.5 Å². The van der Waals surface area contributed by atoms with Crippen LogP contribution in [0.3, 0.4) is 0 Å². The van der Waals surface area contributed by atoms with Crippen LogP contribution in [0, 0.1) is 0 Å². The summed E-state index contributed by atoms with van der Waals surface area (Å²) < 4.78 is 40.4. The third-order valence-electron chi connectivity index (χ3n) is 4.41. The Morgan fingerprint density at radius 3 is 2.63 bits per heavy atom. The third kappa shape index (κ3) is 5.40. The van der Waals surface area contributed by atoms with Crippen molar-refractivity contribution in [3.8, 4) is 5.75 Å². The number of benzene rings is 2. The molecule has 0 saturated heterocycles. The van der Waals surface area contributed by atoms with Gasteiger partial charge in [-0.25, -0.2) is 0 Å². The summed E-state index contributed by atoms with van der Waals surface area (Å²) in [5, 5.41) is 16.2. The van der Waals surface area contributed by atoms with Gasteiger partial charge >= 0.3 is 6.36 Å². The highest BCUT2D eigenvalue weighted by Gasteiger charge is 2.30. The molecule has 0 spiro atoms. The number of hydrogen-bond donors (Lipinski definition) is 3. The highest BCUT2D eigenvalue weighted by molar-refractivity contribution is 5.58. The average Bonchev–Trinajstić information content (AvgIpc) is 2.60. The van der Waals surface area contributed by atoms with Crippen LogP contribution in [-0.4, -0.2) is 17.6 Å². The summed E-state index contributed by atoms with van der Waals surface area (Å²) in [6.07, 6.45) is -2.81. The lowest BCUT2D eigenvalue weighted by molar-refractivity contribution is -0.274. The molecule has 0 bridgehead atoms. The zero-order valence-corrected chi connectivity index (χ0v) is 14.6. The van der Waals surface area contributed by atoms with Crippen LogP contribution in [-0.2, 0) is 19.4 Å². The van der Waals surface area contributed by atoms with Crippen molar-refractivity contribution in [1.29, 1.82) is 0 Å². The fraction of sp³-hybridized carbons (Fsp3) is 0.300. The molecule has 0 heterocycles. The second kappa shape index (κ2) is 7.92. The maximum absolute atomic E-state index is 12.2. The molecular formula is C20H21F3N2O2. The summed E-state index contributed by atoms with van der Waals surface area (Å²) in [5.41, 5.74) is 4.00. The van der Waals surface area contributed by atoms with E-state index in [9.17, 15) is 18.3 Å². The predicted molar refractivity (Wildman–Crippen MR) is 97.2 cm³/mol. The van der Waals surface area contributed by atoms with E-state index in [1.54, 1.807) is 12.1 Å². The molecule has 1 aliphatic rings. The molecule has 0 fully saturated rings. The molecule has 0 aliphatic heterocycles. The summed E-state index contributed by atoms with van der Waals surface area (Å²) in [6.45, 7) is 4.34. The fourth-order valence-corrected chi connectivity index (χ4v) is 3.11. The Kier molecular flexibility index (Phi) is 5.60. The Labute approximate surface area is 155 Å². The third-order valence-corrected chi connectivity index (χ3v) is 4.41. The number of halogens is 3. The zero-order chi connectivity index (χ0) is 19.4. The Bertz CT molecular complexity index is 804. The van der Waals surface area contributed by atoms with Gasteiger partial charge in [0.2, 0.25) is 0 Å². The van der Waals surface area contributed by atoms with Crippen molar-refractivity contribution in [3.05, 3.63) is 71.6 Å². The highest BCUT2D eigenvalue weighted by atomic mass is 19.4. The molecule has 1 atom stereocenters. The molecule has 2 aromatic carbocycles. The molecule has 3 N–H and O–H groups in total. The number of aliphatic hydroxyl groups excluding tert-OH is 1. The van der Waals surface area contributed by atoms with Crippen LogP contribution in [0.15, 0.2) is 54.9 Å². The van der Waals surface area contributed by atoms with Gasteiger partial charge in [0, 0.05) is 18.7 Å². The molecule has 0 saturated carbocycles. The van der Waals surface area contributed by atoms with E-state index in [0.717, 1.165) is 29.7 Å². The maximum Gasteiger partial charge on any atom is 0.573 e. The van der Waals surface area contributed by atoms with Crippen LogP contribution in [0.25, 0.3) is 0 Å². The molecule has 7 heteroatoms. The molecule has 27 heavy (non-hydrogen) atoms. The van der Waals surface area contributed by atoms with Gasteiger partial charge in [-0.15, -0.1) is 13.2 Å². The van der Waals surface area contributed by atoms with Gasteiger partial charge in [0.25, 0.3) is 0 Å². The number of hydrogen-bond acceptors (Lipinski definition) is 4. The molecule has 0 amide bonds. The molecule has 4 nitrogen and oxygen atoms in total. The molecule has 1 unspecified atom stereocenters. The van der Waals surface area contributed by atoms with E-state index in [4.69, 9.17) is 0 Å². The van der Waals surface area contributed by atoms with E-state index in [1.807, 2.05) is 12.1 Å². The van der Waals surface area contributed by atoms with E-state index in [-0.39, 0.29) is 11.9 Å². The van der Waals surface area contributed by atoms with Gasteiger partial charge in [-0.05, 0) is 47.7 Å². The smallest absolute Gasteiger partial charge is 0.406 e. The van der Waals surface area contributed by atoms with E-state index in [1.165, 1.54) is 17.7 Å². The number of ether oxygens (including phenoxy) is 1. The monoisotopic (exact) mass is 378 g/mol. The molecule has 0 radical (unpaired) electrons. The van der Waals surface area contributed by atoms with Gasteiger partial charge in [0.15, 0.2) is 0 Å². The summed E-state index contributed by atoms with van der Waals surface area (Å²) in [7, 11) is 0. The summed E-state index contributed by atoms with van der Waals surface area (Å²) in [6, 6.07) is 11.6. The van der Waals surface area contributed by atoms with Crippen molar-refractivity contribution in [2.24, 2.45) is 0 Å². The van der Waals surface area contributed by atoms with Crippen LogP contribution in [0.2, 0.25) is 0 Å². The van der Waals surface area contributed by atoms with Crippen molar-refractivity contribution in [3.63, 3.8) is 0 Å². The Hall–Kier alpha value is -2.67. The second-order valence-electron chi connectivity index (χ2n) is 6.49. The van der Waals surface area contributed by atoms with Crippen LogP contribution >= 0.6 is 0 Å². The minimum absolute atomic E-state index is 0.252. The predicted octanol–water partition coefficient (Wildman–Crippen LogP) is 4.11. The van der Waals surface area contributed by atoms with Crippen molar-refractivity contribution in [2.45, 2.75) is 38.3 Å². The first-order valence-electron chi connectivity index (χ1n) is 8.63. The van der Waals surface area contributed by atoms with Gasteiger partial charge in [0.1, 0.15) is 5.75 Å². The molecule has 1 aliphatic carbocycles. The van der Waals surface area contributed by atoms with E-state index in [2.05, 4.69) is 28.0 Å². The number of aliphatic hydroxyl groups is 1. The largest absolute Gasteiger partial charge is 0.573 e. The van der Waals surface area contributed by atoms with Crippen LogP contribution in [0.1, 0.15) is 23.1 Å². The van der Waals surface area contributed by atoms with E-state index >= 15 is 0 Å². The molecule has 144 valence electrons. The van der Waals surface area contributed by atoms with Gasteiger partial charge in [0.05, 0.1) is 11.9 Å². The zero-order valence-electron chi connectivity index (χ0n) is 14.6. The minimum Gasteiger partial charge on any atom is -0.406 e. The maximum atomic E-state index is 12.2. The Morgan fingerprint density at radius 2 is 1.93 bits per heavy atom. The van der Waals surface area contributed by atoms with Crippen LogP contribution in [0.5, 0.6) is 5.75 Å². The second-order valence-corrected chi connectivity index (χ2v) is 6.49. The number of rotatable bonds is 6. The number of fused-ring (bicyclic) bond motifs is 1. The van der Waals surface area contributed by atoms with Crippen LogP contribution in [0.4, 0.5) is 18.9 Å². The lowest BCUT2D eigenvalue weighted by atomic mass is 9.88. The van der Waals surface area contributed by atoms with Crippen molar-refractivity contribution >= 4 is 5.69 Å². The molecule has 0 aromatic heterocycles. The lowest BCUT2D eigenvalue weighted by Crippen LogP contribution is -2.22. The van der Waals surface area contributed by atoms with Gasteiger partial charge in [-0.3, -0.25) is 0 Å². The Morgan fingerprint density at radius 1 is 1.19 bits per heavy atom. The number of aryl methyl sites for hydroxylation is 1. The Balaban J connectivity index is 1.56. The first-order valence-corrected chi connectivity index (χ1v) is 8.63. The molecule has 2 aromatic rings. The summed E-state index contributed by atoms with van der Waals surface area (Å²) in [4.78, 5) is 0. The standard InChI is InChI=1S/C20H21F3N2O2/c1-13(24-12-14-5-9-17(10-6-14)27-20(21,22)23)25-19-4-2-3-15-7-8-16(26)11-18(15)19/h2-6,9-10,16,24-26H,1,7-8,11-12H2. The van der Waals surface area contributed by atoms with Crippen molar-refractivity contribution in [2.75, 3.05) is 5.32 Å². The number of anilines is 1. The highest BCUT2D eigenvalue weighted by Crippen LogP contribution is 2.28. The summed E-state index contributed by atoms with van der Waals surface area (Å²) >= 11 is 0. The average molecular weight is 378 g/mol. The van der Waals surface area contributed by atoms with Gasteiger partial charge in [-0.2, -0.15) is 0 Å². The van der Waals surface area contributed by atoms with E-state index < -0.39 is 6.36 Å². The van der Waals surface area contributed by atoms with Crippen molar-refractivity contribution in [1.82, 2.24) is 5.32 Å². The SMILES string of the molecule is C=C(NCc1ccc(OC(F)(F)F)cc1)Nc1cccc2c1CC(O)CC2. The normalized spacial score (nSPS) is 16.4.